The highest BCUT2D eigenvalue weighted by molar-refractivity contribution is 7.99. The molecule has 9 heteroatoms. The van der Waals surface area contributed by atoms with Crippen molar-refractivity contribution in [3.8, 4) is 0 Å². The van der Waals surface area contributed by atoms with Crippen LogP contribution in [0.5, 0.6) is 0 Å². The second kappa shape index (κ2) is 14.0. The van der Waals surface area contributed by atoms with Gasteiger partial charge in [0, 0.05) is 50.4 Å². The Bertz CT molecular complexity index is 1460. The lowest BCUT2D eigenvalue weighted by Gasteiger charge is -2.39. The van der Waals surface area contributed by atoms with Crippen LogP contribution >= 0.6 is 11.8 Å². The molecule has 43 heavy (non-hydrogen) atoms. The molecule has 1 saturated heterocycles. The number of nitrogens with zero attached hydrogens (tertiary/aromatic N) is 4. The number of para-hydroxylation sites is 2. The molecule has 2 aromatic carbocycles. The van der Waals surface area contributed by atoms with Crippen LogP contribution in [-0.2, 0) is 16.1 Å². The van der Waals surface area contributed by atoms with Gasteiger partial charge in [0.15, 0.2) is 5.16 Å². The highest BCUT2D eigenvalue weighted by Crippen LogP contribution is 2.32. The molecule has 2 aliphatic carbocycles. The number of amides is 2. The van der Waals surface area contributed by atoms with E-state index >= 15 is 0 Å². The number of fused-ring (bicyclic) bond motifs is 1. The summed E-state index contributed by atoms with van der Waals surface area (Å²) in [5.41, 5.74) is 1.84. The first-order valence-electron chi connectivity index (χ1n) is 16.1. The maximum absolute atomic E-state index is 13.6. The standard InChI is InChI=1S/C34H43N5O3S/c40-31(35-27-9-3-1-4-10-27)24-43-34-36-30-14-8-7-13-29(30)33(42)39(34)23-25-15-17-26(18-16-25)32(41)38-21-19-37(20-22-38)28-11-5-2-6-12-28/h2,5-8,11-14,25-27H,1,3-4,9-10,15-24H2,(H,35,40). The first-order chi connectivity index (χ1) is 21.0. The van der Waals surface area contributed by atoms with E-state index in [1.54, 1.807) is 4.57 Å². The summed E-state index contributed by atoms with van der Waals surface area (Å²) in [6.07, 6.45) is 9.20. The third-order valence-corrected chi connectivity index (χ3v) is 10.5. The summed E-state index contributed by atoms with van der Waals surface area (Å²) >= 11 is 1.36. The topological polar surface area (TPSA) is 87.5 Å². The monoisotopic (exact) mass is 601 g/mol. The van der Waals surface area contributed by atoms with Crippen LogP contribution in [0.1, 0.15) is 57.8 Å². The first-order valence-corrected chi connectivity index (χ1v) is 17.0. The van der Waals surface area contributed by atoms with Gasteiger partial charge < -0.3 is 15.1 Å². The number of anilines is 1. The number of carbonyl (C=O) groups excluding carboxylic acids is 2. The van der Waals surface area contributed by atoms with Gasteiger partial charge in [0.25, 0.3) is 5.56 Å². The second-order valence-corrected chi connectivity index (χ2v) is 13.3. The van der Waals surface area contributed by atoms with Crippen molar-refractivity contribution in [2.45, 2.75) is 75.5 Å². The van der Waals surface area contributed by atoms with Crippen molar-refractivity contribution in [2.75, 3.05) is 36.8 Å². The molecule has 228 valence electrons. The number of nitrogens with one attached hydrogen (secondary N) is 1. The normalized spacial score (nSPS) is 21.6. The fourth-order valence-corrected chi connectivity index (χ4v) is 7.82. The Morgan fingerprint density at radius 1 is 0.837 bits per heavy atom. The van der Waals surface area contributed by atoms with Crippen LogP contribution in [0.2, 0.25) is 0 Å². The molecular formula is C34H43N5O3S. The minimum Gasteiger partial charge on any atom is -0.368 e. The highest BCUT2D eigenvalue weighted by Gasteiger charge is 2.32. The summed E-state index contributed by atoms with van der Waals surface area (Å²) in [5, 5.41) is 4.40. The van der Waals surface area contributed by atoms with Crippen LogP contribution in [0.25, 0.3) is 10.9 Å². The summed E-state index contributed by atoms with van der Waals surface area (Å²) in [6.45, 7) is 3.82. The van der Waals surface area contributed by atoms with Gasteiger partial charge in [0.1, 0.15) is 0 Å². The molecule has 8 nitrogen and oxygen atoms in total. The first kappa shape index (κ1) is 29.7. The number of carbonyl (C=O) groups is 2. The molecule has 0 unspecified atom stereocenters. The molecule has 3 fully saturated rings. The molecule has 1 aromatic heterocycles. The predicted molar refractivity (Wildman–Crippen MR) is 172 cm³/mol. The molecule has 0 bridgehead atoms. The Hall–Kier alpha value is -3.33. The fourth-order valence-electron chi connectivity index (χ4n) is 7.00. The van der Waals surface area contributed by atoms with E-state index in [2.05, 4.69) is 39.4 Å². The average Bonchev–Trinajstić information content (AvgIpc) is 3.06. The van der Waals surface area contributed by atoms with E-state index in [-0.39, 0.29) is 35.1 Å². The number of rotatable bonds is 8. The van der Waals surface area contributed by atoms with E-state index in [0.717, 1.165) is 64.7 Å². The number of aromatic nitrogens is 2. The lowest BCUT2D eigenvalue weighted by Crippen LogP contribution is -2.50. The van der Waals surface area contributed by atoms with Gasteiger partial charge in [-0.15, -0.1) is 0 Å². The van der Waals surface area contributed by atoms with Crippen LogP contribution in [0, 0.1) is 11.8 Å². The van der Waals surface area contributed by atoms with E-state index in [9.17, 15) is 14.4 Å². The molecule has 0 spiro atoms. The van der Waals surface area contributed by atoms with Gasteiger partial charge in [-0.2, -0.15) is 0 Å². The molecule has 0 radical (unpaired) electrons. The summed E-state index contributed by atoms with van der Waals surface area (Å²) in [6, 6.07) is 18.1. The Labute approximate surface area is 258 Å². The van der Waals surface area contributed by atoms with Gasteiger partial charge in [-0.3, -0.25) is 19.0 Å². The van der Waals surface area contributed by atoms with Crippen molar-refractivity contribution >= 4 is 40.2 Å². The molecule has 6 rings (SSSR count). The predicted octanol–water partition coefficient (Wildman–Crippen LogP) is 5.09. The lowest BCUT2D eigenvalue weighted by molar-refractivity contribution is -0.137. The van der Waals surface area contributed by atoms with Crippen molar-refractivity contribution < 1.29 is 9.59 Å². The van der Waals surface area contributed by atoms with Gasteiger partial charge in [-0.1, -0.05) is 61.4 Å². The zero-order chi connectivity index (χ0) is 29.6. The highest BCUT2D eigenvalue weighted by atomic mass is 32.2. The van der Waals surface area contributed by atoms with Crippen LogP contribution in [0.4, 0.5) is 5.69 Å². The minimum atomic E-state index is -0.0460. The van der Waals surface area contributed by atoms with Crippen molar-refractivity contribution in [1.82, 2.24) is 19.8 Å². The van der Waals surface area contributed by atoms with Gasteiger partial charge in [0.05, 0.1) is 16.7 Å². The van der Waals surface area contributed by atoms with Crippen molar-refractivity contribution in [1.29, 1.82) is 0 Å². The summed E-state index contributed by atoms with van der Waals surface area (Å²) in [7, 11) is 0. The van der Waals surface area contributed by atoms with Crippen molar-refractivity contribution in [2.24, 2.45) is 11.8 Å². The van der Waals surface area contributed by atoms with E-state index in [4.69, 9.17) is 4.98 Å². The molecule has 1 aliphatic heterocycles. The quantitative estimate of drug-likeness (QED) is 0.286. The Kier molecular flexibility index (Phi) is 9.66. The van der Waals surface area contributed by atoms with E-state index in [1.807, 2.05) is 30.3 Å². The number of piperazine rings is 1. The third-order valence-electron chi connectivity index (χ3n) is 9.48. The molecule has 0 atom stereocenters. The van der Waals surface area contributed by atoms with E-state index in [0.29, 0.717) is 28.5 Å². The summed E-state index contributed by atoms with van der Waals surface area (Å²) in [5.74, 6) is 0.906. The maximum atomic E-state index is 13.6. The Morgan fingerprint density at radius 2 is 1.53 bits per heavy atom. The van der Waals surface area contributed by atoms with Crippen LogP contribution in [0.3, 0.4) is 0 Å². The van der Waals surface area contributed by atoms with Gasteiger partial charge in [0.2, 0.25) is 11.8 Å². The smallest absolute Gasteiger partial charge is 0.262 e. The number of benzene rings is 2. The summed E-state index contributed by atoms with van der Waals surface area (Å²) in [4.78, 5) is 49.1. The summed E-state index contributed by atoms with van der Waals surface area (Å²) < 4.78 is 1.79. The zero-order valence-corrected chi connectivity index (χ0v) is 25.8. The van der Waals surface area contributed by atoms with Crippen LogP contribution in [0.15, 0.2) is 64.5 Å². The van der Waals surface area contributed by atoms with E-state index in [1.165, 1.54) is 36.7 Å². The lowest BCUT2D eigenvalue weighted by atomic mass is 9.81. The number of hydrogen-bond acceptors (Lipinski definition) is 6. The van der Waals surface area contributed by atoms with Gasteiger partial charge in [-0.25, -0.2) is 4.98 Å². The average molecular weight is 602 g/mol. The Morgan fingerprint density at radius 3 is 2.28 bits per heavy atom. The van der Waals surface area contributed by atoms with Gasteiger partial charge in [-0.05, 0) is 68.7 Å². The van der Waals surface area contributed by atoms with Crippen molar-refractivity contribution in [3.05, 3.63) is 65.0 Å². The second-order valence-electron chi connectivity index (χ2n) is 12.4. The molecule has 2 heterocycles. The largest absolute Gasteiger partial charge is 0.368 e. The minimum absolute atomic E-state index is 0.00878. The zero-order valence-electron chi connectivity index (χ0n) is 25.0. The molecule has 1 N–H and O–H groups in total. The fraction of sp³-hybridized carbons (Fsp3) is 0.529. The van der Waals surface area contributed by atoms with Gasteiger partial charge >= 0.3 is 0 Å². The number of thioether (sulfide) groups is 1. The molecule has 2 saturated carbocycles. The Balaban J connectivity index is 1.06. The van der Waals surface area contributed by atoms with Crippen LogP contribution < -0.4 is 15.8 Å². The van der Waals surface area contributed by atoms with E-state index < -0.39 is 0 Å². The third kappa shape index (κ3) is 7.25. The maximum Gasteiger partial charge on any atom is 0.262 e. The SMILES string of the molecule is O=C(CSc1nc2ccccc2c(=O)n1CC1CCC(C(=O)N2CCN(c3ccccc3)CC2)CC1)NC1CCCCC1. The van der Waals surface area contributed by atoms with Crippen molar-refractivity contribution in [3.63, 3.8) is 0 Å². The molecular weight excluding hydrogens is 558 g/mol. The molecule has 3 aliphatic rings. The molecule has 2 amide bonds. The molecule has 3 aromatic rings. The van der Waals surface area contributed by atoms with Crippen LogP contribution in [-0.4, -0.2) is 64.2 Å². The number of hydrogen-bond donors (Lipinski definition) is 1.